The van der Waals surface area contributed by atoms with Crippen molar-refractivity contribution in [3.8, 4) is 11.3 Å². The van der Waals surface area contributed by atoms with Crippen LogP contribution in [0, 0.1) is 0 Å². The van der Waals surface area contributed by atoms with Gasteiger partial charge in [0.25, 0.3) is 0 Å². The first-order chi connectivity index (χ1) is 6.83. The van der Waals surface area contributed by atoms with E-state index >= 15 is 0 Å². The molecule has 0 unspecified atom stereocenters. The first kappa shape index (κ1) is 8.83. The second-order valence-corrected chi connectivity index (χ2v) is 2.90. The fraction of sp³-hybridized carbons (Fsp3) is 0.222. The van der Waals surface area contributed by atoms with Gasteiger partial charge in [-0.3, -0.25) is 4.98 Å². The highest BCUT2D eigenvalue weighted by molar-refractivity contribution is 5.60. The summed E-state index contributed by atoms with van der Waals surface area (Å²) in [5.74, 6) is 0. The van der Waals surface area contributed by atoms with Crippen molar-refractivity contribution >= 4 is 0 Å². The standard InChI is InChI=1S/C9H10N4O/c1-13-9(8(6-14)11-12-13)7-2-4-10-5-3-7/h2-5,14H,6H2,1H3. The van der Waals surface area contributed by atoms with E-state index in [4.69, 9.17) is 5.11 Å². The summed E-state index contributed by atoms with van der Waals surface area (Å²) < 4.78 is 1.64. The Bertz CT molecular complexity index is 424. The topological polar surface area (TPSA) is 63.8 Å². The molecular weight excluding hydrogens is 180 g/mol. The summed E-state index contributed by atoms with van der Waals surface area (Å²) in [6, 6.07) is 3.72. The first-order valence-electron chi connectivity index (χ1n) is 4.22. The number of hydrogen-bond donors (Lipinski definition) is 1. The summed E-state index contributed by atoms with van der Waals surface area (Å²) in [5, 5.41) is 16.8. The molecular formula is C9H10N4O. The van der Waals surface area contributed by atoms with Gasteiger partial charge in [0.05, 0.1) is 12.3 Å². The Labute approximate surface area is 81.0 Å². The molecule has 14 heavy (non-hydrogen) atoms. The van der Waals surface area contributed by atoms with Crippen LogP contribution in [0.15, 0.2) is 24.5 Å². The minimum atomic E-state index is -0.106. The molecule has 5 nitrogen and oxygen atoms in total. The number of aliphatic hydroxyl groups excluding tert-OH is 1. The van der Waals surface area contributed by atoms with E-state index in [-0.39, 0.29) is 6.61 Å². The zero-order valence-corrected chi connectivity index (χ0v) is 7.75. The van der Waals surface area contributed by atoms with Gasteiger partial charge in [0.2, 0.25) is 0 Å². The number of pyridine rings is 1. The molecule has 0 radical (unpaired) electrons. The second-order valence-electron chi connectivity index (χ2n) is 2.90. The largest absolute Gasteiger partial charge is 0.390 e. The second kappa shape index (κ2) is 3.55. The highest BCUT2D eigenvalue weighted by atomic mass is 16.3. The molecule has 2 aromatic rings. The van der Waals surface area contributed by atoms with Gasteiger partial charge < -0.3 is 5.11 Å². The van der Waals surface area contributed by atoms with E-state index in [1.165, 1.54) is 0 Å². The van der Waals surface area contributed by atoms with Gasteiger partial charge >= 0.3 is 0 Å². The Morgan fingerprint density at radius 2 is 2.07 bits per heavy atom. The smallest absolute Gasteiger partial charge is 0.116 e. The highest BCUT2D eigenvalue weighted by Crippen LogP contribution is 2.20. The zero-order chi connectivity index (χ0) is 9.97. The molecule has 0 aliphatic heterocycles. The van der Waals surface area contributed by atoms with E-state index in [1.807, 2.05) is 12.1 Å². The summed E-state index contributed by atoms with van der Waals surface area (Å²) in [6.45, 7) is -0.106. The molecule has 72 valence electrons. The van der Waals surface area contributed by atoms with Crippen LogP contribution in [0.25, 0.3) is 11.3 Å². The summed E-state index contributed by atoms with van der Waals surface area (Å²) in [7, 11) is 1.79. The molecule has 0 amide bonds. The molecule has 0 aliphatic rings. The summed E-state index contributed by atoms with van der Waals surface area (Å²) in [5.41, 5.74) is 2.37. The van der Waals surface area contributed by atoms with Crippen molar-refractivity contribution < 1.29 is 5.11 Å². The van der Waals surface area contributed by atoms with Gasteiger partial charge in [-0.2, -0.15) is 0 Å². The van der Waals surface area contributed by atoms with Crippen LogP contribution in [-0.2, 0) is 13.7 Å². The summed E-state index contributed by atoms with van der Waals surface area (Å²) in [6.07, 6.45) is 3.40. The van der Waals surface area contributed by atoms with Crippen LogP contribution >= 0.6 is 0 Å². The SMILES string of the molecule is Cn1nnc(CO)c1-c1ccncc1. The molecule has 2 rings (SSSR count). The lowest BCUT2D eigenvalue weighted by Crippen LogP contribution is -1.95. The average molecular weight is 190 g/mol. The third-order valence-corrected chi connectivity index (χ3v) is 2.00. The molecule has 0 saturated heterocycles. The van der Waals surface area contributed by atoms with Crippen molar-refractivity contribution in [3.63, 3.8) is 0 Å². The number of aryl methyl sites for hydroxylation is 1. The molecule has 0 aliphatic carbocycles. The van der Waals surface area contributed by atoms with Gasteiger partial charge in [0.15, 0.2) is 0 Å². The Morgan fingerprint density at radius 1 is 1.36 bits per heavy atom. The highest BCUT2D eigenvalue weighted by Gasteiger charge is 2.10. The van der Waals surface area contributed by atoms with Crippen LogP contribution in [0.1, 0.15) is 5.69 Å². The third kappa shape index (κ3) is 1.38. The van der Waals surface area contributed by atoms with Crippen LogP contribution in [0.3, 0.4) is 0 Å². The molecule has 5 heteroatoms. The monoisotopic (exact) mass is 190 g/mol. The first-order valence-corrected chi connectivity index (χ1v) is 4.22. The zero-order valence-electron chi connectivity index (χ0n) is 7.75. The van der Waals surface area contributed by atoms with Gasteiger partial charge in [-0.15, -0.1) is 5.10 Å². The summed E-state index contributed by atoms with van der Waals surface area (Å²) >= 11 is 0. The predicted octanol–water partition coefficient (Wildman–Crippen LogP) is 0.369. The number of aromatic nitrogens is 4. The van der Waals surface area contributed by atoms with Crippen molar-refractivity contribution in [2.45, 2.75) is 6.61 Å². The van der Waals surface area contributed by atoms with Crippen molar-refractivity contribution in [1.29, 1.82) is 0 Å². The molecule has 0 saturated carbocycles. The Hall–Kier alpha value is -1.75. The molecule has 1 N–H and O–H groups in total. The Morgan fingerprint density at radius 3 is 2.71 bits per heavy atom. The van der Waals surface area contributed by atoms with E-state index in [2.05, 4.69) is 15.3 Å². The van der Waals surface area contributed by atoms with E-state index in [9.17, 15) is 0 Å². The number of nitrogens with zero attached hydrogens (tertiary/aromatic N) is 4. The fourth-order valence-electron chi connectivity index (χ4n) is 1.37. The van der Waals surface area contributed by atoms with E-state index < -0.39 is 0 Å². The predicted molar refractivity (Wildman–Crippen MR) is 50.2 cm³/mol. The Kier molecular flexibility index (Phi) is 2.24. The minimum absolute atomic E-state index is 0.106. The maximum absolute atomic E-state index is 9.06. The number of hydrogen-bond acceptors (Lipinski definition) is 4. The van der Waals surface area contributed by atoms with Crippen LogP contribution < -0.4 is 0 Å². The average Bonchev–Trinajstić information content (AvgIpc) is 2.61. The normalized spacial score (nSPS) is 10.4. The van der Waals surface area contributed by atoms with Crippen molar-refractivity contribution in [3.05, 3.63) is 30.2 Å². The number of rotatable bonds is 2. The lowest BCUT2D eigenvalue weighted by atomic mass is 10.1. The minimum Gasteiger partial charge on any atom is -0.390 e. The lowest BCUT2D eigenvalue weighted by molar-refractivity contribution is 0.277. The third-order valence-electron chi connectivity index (χ3n) is 2.00. The van der Waals surface area contributed by atoms with Gasteiger partial charge in [-0.25, -0.2) is 4.68 Å². The van der Waals surface area contributed by atoms with E-state index in [0.717, 1.165) is 11.3 Å². The van der Waals surface area contributed by atoms with Gasteiger partial charge in [-0.05, 0) is 12.1 Å². The van der Waals surface area contributed by atoms with Gasteiger partial charge in [0.1, 0.15) is 5.69 Å². The molecule has 0 spiro atoms. The van der Waals surface area contributed by atoms with Crippen LogP contribution in [0.2, 0.25) is 0 Å². The van der Waals surface area contributed by atoms with Crippen molar-refractivity contribution in [1.82, 2.24) is 20.0 Å². The van der Waals surface area contributed by atoms with Gasteiger partial charge in [0, 0.05) is 25.0 Å². The number of aliphatic hydroxyl groups is 1. The van der Waals surface area contributed by atoms with Crippen molar-refractivity contribution in [2.24, 2.45) is 7.05 Å². The van der Waals surface area contributed by atoms with Crippen LogP contribution in [0.4, 0.5) is 0 Å². The molecule has 2 aromatic heterocycles. The molecule has 0 bridgehead atoms. The summed E-state index contributed by atoms with van der Waals surface area (Å²) in [4.78, 5) is 3.93. The molecule has 0 atom stereocenters. The quantitative estimate of drug-likeness (QED) is 0.743. The van der Waals surface area contributed by atoms with Crippen LogP contribution in [-0.4, -0.2) is 25.1 Å². The van der Waals surface area contributed by atoms with Crippen molar-refractivity contribution in [2.75, 3.05) is 0 Å². The van der Waals surface area contributed by atoms with E-state index in [0.29, 0.717) is 5.69 Å². The molecule has 2 heterocycles. The molecule has 0 aromatic carbocycles. The lowest BCUT2D eigenvalue weighted by Gasteiger charge is -2.01. The van der Waals surface area contributed by atoms with E-state index in [1.54, 1.807) is 24.1 Å². The fourth-order valence-corrected chi connectivity index (χ4v) is 1.37. The van der Waals surface area contributed by atoms with Crippen LogP contribution in [0.5, 0.6) is 0 Å². The maximum atomic E-state index is 9.06. The Balaban J connectivity index is 2.55. The van der Waals surface area contributed by atoms with Gasteiger partial charge in [-0.1, -0.05) is 5.21 Å². The molecule has 0 fully saturated rings. The maximum Gasteiger partial charge on any atom is 0.116 e.